The molecule has 5 nitrogen and oxygen atoms in total. The zero-order chi connectivity index (χ0) is 19.0. The second-order valence-corrected chi connectivity index (χ2v) is 6.56. The maximum atomic E-state index is 12.7. The van der Waals surface area contributed by atoms with E-state index in [0.29, 0.717) is 18.5 Å². The minimum Gasteiger partial charge on any atom is -0.294 e. The lowest BCUT2D eigenvalue weighted by molar-refractivity contribution is -0.137. The molecule has 4 rings (SSSR count). The fraction of sp³-hybridized carbons (Fsp3) is 0.263. The highest BCUT2D eigenvalue weighted by Crippen LogP contribution is 2.28. The van der Waals surface area contributed by atoms with Crippen LogP contribution in [0.3, 0.4) is 0 Å². The Kier molecular flexibility index (Phi) is 5.62. The van der Waals surface area contributed by atoms with Crippen LogP contribution < -0.4 is 5.56 Å². The second-order valence-electron chi connectivity index (χ2n) is 6.56. The molecular weight excluding hydrogens is 393 g/mol. The van der Waals surface area contributed by atoms with Crippen molar-refractivity contribution in [1.29, 1.82) is 0 Å². The van der Waals surface area contributed by atoms with E-state index < -0.39 is 11.7 Å². The van der Waals surface area contributed by atoms with Crippen LogP contribution in [0.1, 0.15) is 22.4 Å². The van der Waals surface area contributed by atoms with Gasteiger partial charge in [-0.2, -0.15) is 13.2 Å². The monoisotopic (exact) mass is 410 g/mol. The number of halogens is 4. The molecule has 0 aliphatic carbocycles. The van der Waals surface area contributed by atoms with Crippen LogP contribution in [0.2, 0.25) is 0 Å². The molecule has 0 fully saturated rings. The van der Waals surface area contributed by atoms with E-state index in [0.717, 1.165) is 31.0 Å². The molecule has 28 heavy (non-hydrogen) atoms. The van der Waals surface area contributed by atoms with Crippen molar-refractivity contribution in [3.63, 3.8) is 0 Å². The number of rotatable bonds is 3. The molecule has 0 saturated heterocycles. The molecule has 0 unspecified atom stereocenters. The molecule has 3 heterocycles. The highest BCUT2D eigenvalue weighted by atomic mass is 35.5. The third-order valence-electron chi connectivity index (χ3n) is 4.69. The highest BCUT2D eigenvalue weighted by Gasteiger charge is 2.31. The molecule has 0 amide bonds. The molecule has 1 N–H and O–H groups in total. The molecule has 0 saturated carbocycles. The first kappa shape index (κ1) is 20.2. The topological polar surface area (TPSA) is 53.9 Å². The first-order valence-corrected chi connectivity index (χ1v) is 8.54. The van der Waals surface area contributed by atoms with Crippen molar-refractivity contribution in [2.75, 3.05) is 6.54 Å². The van der Waals surface area contributed by atoms with Crippen LogP contribution >= 0.6 is 12.4 Å². The van der Waals surface area contributed by atoms with Gasteiger partial charge in [0.25, 0.3) is 5.56 Å². The molecule has 1 aromatic carbocycles. The van der Waals surface area contributed by atoms with E-state index in [2.05, 4.69) is 15.0 Å². The first-order chi connectivity index (χ1) is 12.9. The van der Waals surface area contributed by atoms with Gasteiger partial charge in [0.2, 0.25) is 0 Å². The van der Waals surface area contributed by atoms with E-state index in [1.165, 1.54) is 16.3 Å². The molecular formula is C19H18ClF3N4O. The number of alkyl halides is 3. The van der Waals surface area contributed by atoms with Crippen LogP contribution in [0.5, 0.6) is 0 Å². The number of nitrogens with one attached hydrogen (secondary N) is 1. The quantitative estimate of drug-likeness (QED) is 0.718. The fourth-order valence-corrected chi connectivity index (χ4v) is 3.28. The average Bonchev–Trinajstić information content (AvgIpc) is 2.98. The second kappa shape index (κ2) is 7.81. The highest BCUT2D eigenvalue weighted by molar-refractivity contribution is 5.85. The standard InChI is InChI=1S/C19H17F3N4O.ClH/c20-19(21,22)14-6-7-17(23-10-14)26-18(27)15-12-25(9-8-16(15)24-26)11-13-4-2-1-3-5-13;/h1-7,10,24H,8-9,11-12H2;1H. The third-order valence-corrected chi connectivity index (χ3v) is 4.69. The number of nitrogens with zero attached hydrogens (tertiary/aromatic N) is 3. The minimum absolute atomic E-state index is 0. The zero-order valence-corrected chi connectivity index (χ0v) is 15.6. The van der Waals surface area contributed by atoms with E-state index in [-0.39, 0.29) is 23.8 Å². The molecule has 1 aliphatic rings. The van der Waals surface area contributed by atoms with Gasteiger partial charge in [0, 0.05) is 37.9 Å². The van der Waals surface area contributed by atoms with Crippen molar-refractivity contribution in [3.05, 3.63) is 81.4 Å². The number of hydrogen-bond acceptors (Lipinski definition) is 3. The van der Waals surface area contributed by atoms with Crippen molar-refractivity contribution in [1.82, 2.24) is 19.7 Å². The number of fused-ring (bicyclic) bond motifs is 1. The van der Waals surface area contributed by atoms with Gasteiger partial charge in [-0.15, -0.1) is 12.4 Å². The van der Waals surface area contributed by atoms with Gasteiger partial charge >= 0.3 is 6.18 Å². The molecule has 148 valence electrons. The van der Waals surface area contributed by atoms with Crippen molar-refractivity contribution in [3.8, 4) is 5.82 Å². The zero-order valence-electron chi connectivity index (χ0n) is 14.7. The molecule has 0 atom stereocenters. The maximum Gasteiger partial charge on any atom is 0.417 e. The predicted octanol–water partition coefficient (Wildman–Crippen LogP) is 3.56. The molecule has 0 radical (unpaired) electrons. The van der Waals surface area contributed by atoms with Gasteiger partial charge in [-0.05, 0) is 17.7 Å². The Morgan fingerprint density at radius 3 is 2.50 bits per heavy atom. The Morgan fingerprint density at radius 1 is 1.11 bits per heavy atom. The van der Waals surface area contributed by atoms with Crippen molar-refractivity contribution in [2.45, 2.75) is 25.7 Å². The summed E-state index contributed by atoms with van der Waals surface area (Å²) < 4.78 is 39.3. The first-order valence-electron chi connectivity index (χ1n) is 8.54. The van der Waals surface area contributed by atoms with E-state index >= 15 is 0 Å². The summed E-state index contributed by atoms with van der Waals surface area (Å²) in [6.07, 6.45) is -3.04. The summed E-state index contributed by atoms with van der Waals surface area (Å²) in [5.41, 5.74) is 1.51. The molecule has 2 aromatic heterocycles. The van der Waals surface area contributed by atoms with Crippen molar-refractivity contribution >= 4 is 12.4 Å². The number of aromatic amines is 1. The Labute approximate surface area is 165 Å². The van der Waals surface area contributed by atoms with Crippen molar-refractivity contribution in [2.24, 2.45) is 0 Å². The normalized spacial score (nSPS) is 14.4. The fourth-order valence-electron chi connectivity index (χ4n) is 3.28. The van der Waals surface area contributed by atoms with Gasteiger partial charge in [0.15, 0.2) is 5.82 Å². The summed E-state index contributed by atoms with van der Waals surface area (Å²) in [6, 6.07) is 12.1. The average molecular weight is 411 g/mol. The van der Waals surface area contributed by atoms with Crippen LogP contribution in [0.15, 0.2) is 53.5 Å². The van der Waals surface area contributed by atoms with Crippen LogP contribution in [0.4, 0.5) is 13.2 Å². The summed E-state index contributed by atoms with van der Waals surface area (Å²) in [4.78, 5) is 18.7. The molecule has 0 spiro atoms. The van der Waals surface area contributed by atoms with E-state index in [1.807, 2.05) is 30.3 Å². The van der Waals surface area contributed by atoms with Gasteiger partial charge < -0.3 is 0 Å². The Balaban J connectivity index is 0.00000225. The number of hydrogen-bond donors (Lipinski definition) is 1. The summed E-state index contributed by atoms with van der Waals surface area (Å²) in [6.45, 7) is 2.03. The summed E-state index contributed by atoms with van der Waals surface area (Å²) in [5, 5.41) is 2.99. The lowest BCUT2D eigenvalue weighted by Crippen LogP contribution is -2.32. The lowest BCUT2D eigenvalue weighted by atomic mass is 10.1. The summed E-state index contributed by atoms with van der Waals surface area (Å²) in [5.74, 6) is 0.150. The van der Waals surface area contributed by atoms with E-state index in [4.69, 9.17) is 0 Å². The van der Waals surface area contributed by atoms with Crippen LogP contribution in [-0.2, 0) is 25.7 Å². The Morgan fingerprint density at radius 2 is 1.86 bits per heavy atom. The number of aromatic nitrogens is 3. The lowest BCUT2D eigenvalue weighted by Gasteiger charge is -2.25. The molecule has 3 aromatic rings. The Hall–Kier alpha value is -2.58. The minimum atomic E-state index is -4.45. The summed E-state index contributed by atoms with van der Waals surface area (Å²) in [7, 11) is 0. The number of benzene rings is 1. The van der Waals surface area contributed by atoms with E-state index in [9.17, 15) is 18.0 Å². The summed E-state index contributed by atoms with van der Waals surface area (Å²) >= 11 is 0. The van der Waals surface area contributed by atoms with Gasteiger partial charge in [-0.1, -0.05) is 30.3 Å². The smallest absolute Gasteiger partial charge is 0.294 e. The number of pyridine rings is 1. The van der Waals surface area contributed by atoms with Crippen LogP contribution in [0.25, 0.3) is 5.82 Å². The number of H-pyrrole nitrogens is 1. The molecule has 0 bridgehead atoms. The molecule has 1 aliphatic heterocycles. The third kappa shape index (κ3) is 3.98. The van der Waals surface area contributed by atoms with Gasteiger partial charge in [0.05, 0.1) is 11.1 Å². The maximum absolute atomic E-state index is 12.7. The molecule has 9 heteroatoms. The van der Waals surface area contributed by atoms with Crippen LogP contribution in [-0.4, -0.2) is 26.2 Å². The van der Waals surface area contributed by atoms with Crippen LogP contribution in [0, 0.1) is 0 Å². The Bertz CT molecular complexity index is 997. The van der Waals surface area contributed by atoms with Gasteiger partial charge in [-0.25, -0.2) is 9.67 Å². The predicted molar refractivity (Wildman–Crippen MR) is 101 cm³/mol. The van der Waals surface area contributed by atoms with E-state index in [1.54, 1.807) is 0 Å². The SMILES string of the molecule is Cl.O=c1c2c([nH]n1-c1ccc(C(F)(F)F)cn1)CCN(Cc1ccccc1)C2. The van der Waals surface area contributed by atoms with Crippen molar-refractivity contribution < 1.29 is 13.2 Å². The van der Waals surface area contributed by atoms with Gasteiger partial charge in [-0.3, -0.25) is 14.8 Å². The largest absolute Gasteiger partial charge is 0.417 e. The van der Waals surface area contributed by atoms with Gasteiger partial charge in [0.1, 0.15) is 0 Å².